The monoisotopic (exact) mass is 354 g/mol. The molecule has 0 aliphatic rings. The Kier molecular flexibility index (Phi) is 4.51. The predicted octanol–water partition coefficient (Wildman–Crippen LogP) is 3.09. The standard InChI is InChI=1S/C13H11BrN2O3S/c1-7-4-8(14)2-3-10(7)12(19)16-13-15-9(6-20-13)5-11(17)18/h2-4,6H,5H2,1H3,(H,17,18)(H,15,16,19). The van der Waals surface area contributed by atoms with Crippen LogP contribution in [-0.2, 0) is 11.2 Å². The van der Waals surface area contributed by atoms with Crippen LogP contribution in [-0.4, -0.2) is 22.0 Å². The van der Waals surface area contributed by atoms with Crippen molar-refractivity contribution in [1.82, 2.24) is 4.98 Å². The van der Waals surface area contributed by atoms with Gasteiger partial charge in [0.05, 0.1) is 12.1 Å². The van der Waals surface area contributed by atoms with E-state index in [2.05, 4.69) is 26.2 Å². The quantitative estimate of drug-likeness (QED) is 0.883. The molecule has 1 heterocycles. The summed E-state index contributed by atoms with van der Waals surface area (Å²) >= 11 is 4.55. The molecule has 0 saturated heterocycles. The number of nitrogens with zero attached hydrogens (tertiary/aromatic N) is 1. The molecule has 1 aromatic heterocycles. The zero-order valence-electron chi connectivity index (χ0n) is 10.5. The van der Waals surface area contributed by atoms with Crippen molar-refractivity contribution in [3.63, 3.8) is 0 Å². The van der Waals surface area contributed by atoms with Gasteiger partial charge in [0.25, 0.3) is 5.91 Å². The maximum Gasteiger partial charge on any atom is 0.309 e. The Balaban J connectivity index is 2.11. The molecule has 0 spiro atoms. The fourth-order valence-corrected chi connectivity index (χ4v) is 2.83. The van der Waals surface area contributed by atoms with E-state index in [0.29, 0.717) is 16.4 Å². The Morgan fingerprint density at radius 1 is 1.45 bits per heavy atom. The summed E-state index contributed by atoms with van der Waals surface area (Å²) in [5, 5.41) is 13.4. The highest BCUT2D eigenvalue weighted by Gasteiger charge is 2.12. The van der Waals surface area contributed by atoms with Crippen molar-refractivity contribution in [3.05, 3.63) is 44.9 Å². The van der Waals surface area contributed by atoms with E-state index in [4.69, 9.17) is 5.11 Å². The van der Waals surface area contributed by atoms with Crippen LogP contribution in [0.5, 0.6) is 0 Å². The normalized spacial score (nSPS) is 10.3. The fourth-order valence-electron chi connectivity index (χ4n) is 1.65. The minimum atomic E-state index is -0.947. The number of aliphatic carboxylic acids is 1. The fraction of sp³-hybridized carbons (Fsp3) is 0.154. The maximum atomic E-state index is 12.1. The van der Waals surface area contributed by atoms with Crippen molar-refractivity contribution >= 4 is 44.3 Å². The Bertz CT molecular complexity index is 669. The lowest BCUT2D eigenvalue weighted by Gasteiger charge is -2.05. The number of hydrogen-bond acceptors (Lipinski definition) is 4. The second-order valence-corrected chi connectivity index (χ2v) is 5.90. The van der Waals surface area contributed by atoms with Gasteiger partial charge in [0, 0.05) is 15.4 Å². The van der Waals surface area contributed by atoms with Crippen molar-refractivity contribution in [2.75, 3.05) is 5.32 Å². The van der Waals surface area contributed by atoms with Gasteiger partial charge < -0.3 is 5.11 Å². The average molecular weight is 355 g/mol. The largest absolute Gasteiger partial charge is 0.481 e. The van der Waals surface area contributed by atoms with Crippen molar-refractivity contribution in [1.29, 1.82) is 0 Å². The molecule has 0 aliphatic heterocycles. The van der Waals surface area contributed by atoms with Crippen LogP contribution < -0.4 is 5.32 Å². The van der Waals surface area contributed by atoms with E-state index in [9.17, 15) is 9.59 Å². The van der Waals surface area contributed by atoms with Gasteiger partial charge in [0.15, 0.2) is 5.13 Å². The number of aryl methyl sites for hydroxylation is 1. The van der Waals surface area contributed by atoms with Gasteiger partial charge in [-0.1, -0.05) is 15.9 Å². The zero-order chi connectivity index (χ0) is 14.7. The number of carbonyl (C=O) groups is 2. The highest BCUT2D eigenvalue weighted by molar-refractivity contribution is 9.10. The number of thiazole rings is 1. The lowest BCUT2D eigenvalue weighted by atomic mass is 10.1. The molecule has 1 aromatic carbocycles. The Morgan fingerprint density at radius 3 is 2.85 bits per heavy atom. The highest BCUT2D eigenvalue weighted by Crippen LogP contribution is 2.20. The van der Waals surface area contributed by atoms with E-state index in [0.717, 1.165) is 10.0 Å². The summed E-state index contributed by atoms with van der Waals surface area (Å²) < 4.78 is 0.907. The predicted molar refractivity (Wildman–Crippen MR) is 80.3 cm³/mol. The Morgan fingerprint density at radius 2 is 2.20 bits per heavy atom. The first-order valence-electron chi connectivity index (χ1n) is 5.69. The summed E-state index contributed by atoms with van der Waals surface area (Å²) in [5.74, 6) is -1.21. The highest BCUT2D eigenvalue weighted by atomic mass is 79.9. The molecule has 104 valence electrons. The van der Waals surface area contributed by atoms with Gasteiger partial charge >= 0.3 is 5.97 Å². The van der Waals surface area contributed by atoms with Gasteiger partial charge in [0.2, 0.25) is 0 Å². The number of halogens is 1. The van der Waals surface area contributed by atoms with Crippen LogP contribution in [0.25, 0.3) is 0 Å². The number of benzene rings is 1. The third kappa shape index (κ3) is 3.64. The second-order valence-electron chi connectivity index (χ2n) is 4.13. The first kappa shape index (κ1) is 14.7. The SMILES string of the molecule is Cc1cc(Br)ccc1C(=O)Nc1nc(CC(=O)O)cs1. The van der Waals surface area contributed by atoms with Crippen LogP contribution >= 0.6 is 27.3 Å². The van der Waals surface area contributed by atoms with Crippen LogP contribution in [0.1, 0.15) is 21.6 Å². The number of aromatic nitrogens is 1. The molecule has 0 saturated carbocycles. The summed E-state index contributed by atoms with van der Waals surface area (Å²) in [4.78, 5) is 26.7. The van der Waals surface area contributed by atoms with Crippen molar-refractivity contribution in [3.8, 4) is 0 Å². The third-order valence-corrected chi connectivity index (χ3v) is 3.84. The smallest absolute Gasteiger partial charge is 0.309 e. The second kappa shape index (κ2) is 6.15. The number of carboxylic acid groups (broad SMARTS) is 1. The van der Waals surface area contributed by atoms with Crippen LogP contribution in [0.15, 0.2) is 28.1 Å². The van der Waals surface area contributed by atoms with Crippen LogP contribution in [0.2, 0.25) is 0 Å². The first-order chi connectivity index (χ1) is 9.45. The van der Waals surface area contributed by atoms with E-state index in [1.54, 1.807) is 17.5 Å². The summed E-state index contributed by atoms with van der Waals surface area (Å²) in [6.07, 6.45) is -0.149. The topological polar surface area (TPSA) is 79.3 Å². The Hall–Kier alpha value is -1.73. The summed E-state index contributed by atoms with van der Waals surface area (Å²) in [7, 11) is 0. The molecule has 5 nitrogen and oxygen atoms in total. The molecule has 1 amide bonds. The van der Waals surface area contributed by atoms with E-state index < -0.39 is 5.97 Å². The van der Waals surface area contributed by atoms with Crippen molar-refractivity contribution in [2.45, 2.75) is 13.3 Å². The summed E-state index contributed by atoms with van der Waals surface area (Å²) in [5.41, 5.74) is 1.84. The van der Waals surface area contributed by atoms with Crippen LogP contribution in [0.3, 0.4) is 0 Å². The number of nitrogens with one attached hydrogen (secondary N) is 1. The molecule has 0 radical (unpaired) electrons. The third-order valence-electron chi connectivity index (χ3n) is 2.54. The van der Waals surface area contributed by atoms with Gasteiger partial charge in [-0.15, -0.1) is 11.3 Å². The molecule has 0 unspecified atom stereocenters. The molecule has 0 atom stereocenters. The zero-order valence-corrected chi connectivity index (χ0v) is 12.9. The van der Waals surface area contributed by atoms with Gasteiger partial charge in [-0.2, -0.15) is 0 Å². The van der Waals surface area contributed by atoms with Crippen molar-refractivity contribution < 1.29 is 14.7 Å². The number of carbonyl (C=O) groups excluding carboxylic acids is 1. The number of carboxylic acids is 1. The van der Waals surface area contributed by atoms with Gasteiger partial charge in [0.1, 0.15) is 0 Å². The van der Waals surface area contributed by atoms with Crippen molar-refractivity contribution in [2.24, 2.45) is 0 Å². The van der Waals surface area contributed by atoms with Gasteiger partial charge in [-0.05, 0) is 30.7 Å². The lowest BCUT2D eigenvalue weighted by Crippen LogP contribution is -2.13. The van der Waals surface area contributed by atoms with Gasteiger partial charge in [-0.25, -0.2) is 4.98 Å². The molecular formula is C13H11BrN2O3S. The molecule has 0 fully saturated rings. The minimum absolute atomic E-state index is 0.149. The summed E-state index contributed by atoms with van der Waals surface area (Å²) in [6, 6.07) is 5.37. The number of amides is 1. The number of anilines is 1. The molecule has 0 bridgehead atoms. The van der Waals surface area contributed by atoms with Gasteiger partial charge in [-0.3, -0.25) is 14.9 Å². The van der Waals surface area contributed by atoms with E-state index in [1.807, 2.05) is 13.0 Å². The summed E-state index contributed by atoms with van der Waals surface area (Å²) in [6.45, 7) is 1.84. The van der Waals surface area contributed by atoms with E-state index in [1.165, 1.54) is 11.3 Å². The minimum Gasteiger partial charge on any atom is -0.481 e. The molecule has 2 aromatic rings. The first-order valence-corrected chi connectivity index (χ1v) is 7.36. The van der Waals surface area contributed by atoms with Crippen LogP contribution in [0.4, 0.5) is 5.13 Å². The molecule has 20 heavy (non-hydrogen) atoms. The maximum absolute atomic E-state index is 12.1. The molecule has 0 aliphatic carbocycles. The molecule has 2 rings (SSSR count). The number of rotatable bonds is 4. The van der Waals surface area contributed by atoms with Crippen LogP contribution in [0, 0.1) is 6.92 Å². The Labute approximate surface area is 127 Å². The van der Waals surface area contributed by atoms with E-state index in [-0.39, 0.29) is 12.3 Å². The number of hydrogen-bond donors (Lipinski definition) is 2. The molecule has 7 heteroatoms. The molecular weight excluding hydrogens is 344 g/mol. The average Bonchev–Trinajstić information content (AvgIpc) is 2.75. The van der Waals surface area contributed by atoms with E-state index >= 15 is 0 Å². The lowest BCUT2D eigenvalue weighted by molar-refractivity contribution is -0.136. The molecule has 2 N–H and O–H groups in total.